The first-order chi connectivity index (χ1) is 12.2. The Morgan fingerprint density at radius 3 is 2.76 bits per heavy atom. The van der Waals surface area contributed by atoms with Gasteiger partial charge < -0.3 is 15.4 Å². The first kappa shape index (κ1) is 16.4. The molecule has 0 saturated carbocycles. The smallest absolute Gasteiger partial charge is 0.251 e. The van der Waals surface area contributed by atoms with Gasteiger partial charge in [-0.25, -0.2) is 4.98 Å². The SMILES string of the molecule is COc1cc(Sc2ccc(C(=O)N[C@@H]3C[C@H]4CC[C@@H]3N4)cc2)ccn1. The molecule has 1 aromatic carbocycles. The van der Waals surface area contributed by atoms with Gasteiger partial charge in [-0.15, -0.1) is 0 Å². The number of amides is 1. The first-order valence-corrected chi connectivity index (χ1v) is 9.38. The number of nitrogens with zero attached hydrogens (tertiary/aromatic N) is 1. The van der Waals surface area contributed by atoms with Gasteiger partial charge in [0, 0.05) is 45.7 Å². The molecule has 0 aliphatic carbocycles. The van der Waals surface area contributed by atoms with Crippen LogP contribution >= 0.6 is 11.8 Å². The summed E-state index contributed by atoms with van der Waals surface area (Å²) >= 11 is 1.62. The molecule has 4 rings (SSSR count). The van der Waals surface area contributed by atoms with E-state index >= 15 is 0 Å². The zero-order valence-electron chi connectivity index (χ0n) is 14.1. The number of hydrogen-bond acceptors (Lipinski definition) is 5. The van der Waals surface area contributed by atoms with E-state index in [1.54, 1.807) is 25.1 Å². The van der Waals surface area contributed by atoms with Gasteiger partial charge in [0.25, 0.3) is 5.91 Å². The Kier molecular flexibility index (Phi) is 4.63. The molecule has 3 atom stereocenters. The van der Waals surface area contributed by atoms with E-state index in [0.29, 0.717) is 23.5 Å². The van der Waals surface area contributed by atoms with Gasteiger partial charge in [-0.05, 0) is 49.6 Å². The maximum Gasteiger partial charge on any atom is 0.251 e. The summed E-state index contributed by atoms with van der Waals surface area (Å²) in [5.74, 6) is 0.613. The highest BCUT2D eigenvalue weighted by atomic mass is 32.2. The number of hydrogen-bond donors (Lipinski definition) is 2. The summed E-state index contributed by atoms with van der Waals surface area (Å²) < 4.78 is 5.14. The number of carbonyl (C=O) groups excluding carboxylic acids is 1. The van der Waals surface area contributed by atoms with E-state index in [2.05, 4.69) is 15.6 Å². The van der Waals surface area contributed by atoms with Crippen molar-refractivity contribution in [1.29, 1.82) is 0 Å². The Balaban J connectivity index is 1.38. The summed E-state index contributed by atoms with van der Waals surface area (Å²) in [7, 11) is 1.61. The third-order valence-corrected chi connectivity index (χ3v) is 5.88. The predicted molar refractivity (Wildman–Crippen MR) is 97.2 cm³/mol. The Morgan fingerprint density at radius 1 is 1.24 bits per heavy atom. The number of nitrogens with one attached hydrogen (secondary N) is 2. The molecule has 2 bridgehead atoms. The fourth-order valence-electron chi connectivity index (χ4n) is 3.61. The molecule has 25 heavy (non-hydrogen) atoms. The lowest BCUT2D eigenvalue weighted by Crippen LogP contribution is -2.42. The monoisotopic (exact) mass is 355 g/mol. The predicted octanol–water partition coefficient (Wildman–Crippen LogP) is 2.86. The minimum Gasteiger partial charge on any atom is -0.481 e. The van der Waals surface area contributed by atoms with E-state index in [9.17, 15) is 4.79 Å². The maximum absolute atomic E-state index is 12.5. The summed E-state index contributed by atoms with van der Waals surface area (Å²) in [4.78, 5) is 18.7. The largest absolute Gasteiger partial charge is 0.481 e. The molecule has 6 heteroatoms. The number of carbonyl (C=O) groups is 1. The number of pyridine rings is 1. The summed E-state index contributed by atoms with van der Waals surface area (Å²) in [5, 5.41) is 6.72. The molecule has 1 amide bonds. The van der Waals surface area contributed by atoms with Gasteiger partial charge in [-0.1, -0.05) is 11.8 Å². The van der Waals surface area contributed by atoms with E-state index in [1.165, 1.54) is 12.8 Å². The quantitative estimate of drug-likeness (QED) is 0.863. The van der Waals surface area contributed by atoms with Crippen LogP contribution in [0.5, 0.6) is 5.88 Å². The first-order valence-electron chi connectivity index (χ1n) is 8.56. The van der Waals surface area contributed by atoms with Crippen molar-refractivity contribution in [3.8, 4) is 5.88 Å². The van der Waals surface area contributed by atoms with E-state index in [1.807, 2.05) is 36.4 Å². The van der Waals surface area contributed by atoms with Gasteiger partial charge in [-0.3, -0.25) is 4.79 Å². The number of fused-ring (bicyclic) bond motifs is 2. The van der Waals surface area contributed by atoms with Crippen molar-refractivity contribution in [2.75, 3.05) is 7.11 Å². The second-order valence-electron chi connectivity index (χ2n) is 6.52. The van der Waals surface area contributed by atoms with Crippen LogP contribution in [0.3, 0.4) is 0 Å². The van der Waals surface area contributed by atoms with Crippen LogP contribution in [0, 0.1) is 0 Å². The van der Waals surface area contributed by atoms with Gasteiger partial charge in [0.15, 0.2) is 0 Å². The van der Waals surface area contributed by atoms with Crippen LogP contribution in [-0.2, 0) is 0 Å². The summed E-state index contributed by atoms with van der Waals surface area (Å²) in [5.41, 5.74) is 0.708. The molecule has 2 aliphatic heterocycles. The fraction of sp³-hybridized carbons (Fsp3) is 0.368. The summed E-state index contributed by atoms with van der Waals surface area (Å²) in [6, 6.07) is 12.9. The Hall–Kier alpha value is -2.05. The van der Waals surface area contributed by atoms with E-state index < -0.39 is 0 Å². The second-order valence-corrected chi connectivity index (χ2v) is 7.67. The van der Waals surface area contributed by atoms with Crippen molar-refractivity contribution in [3.05, 3.63) is 48.2 Å². The average Bonchev–Trinajstić information content (AvgIpc) is 3.25. The highest BCUT2D eigenvalue weighted by Crippen LogP contribution is 2.30. The molecule has 2 fully saturated rings. The molecular formula is C19H21N3O2S. The normalized spacial score (nSPS) is 24.3. The van der Waals surface area contributed by atoms with Crippen LogP contribution in [0.4, 0.5) is 0 Å². The Bertz CT molecular complexity index is 766. The molecule has 3 heterocycles. The Labute approximate surface area is 151 Å². The lowest BCUT2D eigenvalue weighted by molar-refractivity contribution is 0.0931. The highest BCUT2D eigenvalue weighted by molar-refractivity contribution is 7.99. The van der Waals surface area contributed by atoms with Crippen LogP contribution in [0.2, 0.25) is 0 Å². The van der Waals surface area contributed by atoms with Crippen molar-refractivity contribution in [2.45, 2.75) is 47.2 Å². The molecule has 2 N–H and O–H groups in total. The molecule has 1 aromatic heterocycles. The molecule has 2 aliphatic rings. The van der Waals surface area contributed by atoms with Crippen molar-refractivity contribution in [2.24, 2.45) is 0 Å². The van der Waals surface area contributed by atoms with Gasteiger partial charge >= 0.3 is 0 Å². The zero-order valence-corrected chi connectivity index (χ0v) is 14.9. The van der Waals surface area contributed by atoms with Crippen LogP contribution in [0.1, 0.15) is 29.6 Å². The third kappa shape index (κ3) is 3.65. The Morgan fingerprint density at radius 2 is 2.08 bits per heavy atom. The van der Waals surface area contributed by atoms with Crippen LogP contribution in [0.15, 0.2) is 52.4 Å². The number of aromatic nitrogens is 1. The van der Waals surface area contributed by atoms with E-state index in [-0.39, 0.29) is 11.9 Å². The topological polar surface area (TPSA) is 63.2 Å². The van der Waals surface area contributed by atoms with Crippen molar-refractivity contribution in [1.82, 2.24) is 15.6 Å². The minimum absolute atomic E-state index is 0.0153. The average molecular weight is 355 g/mol. The van der Waals surface area contributed by atoms with Crippen LogP contribution < -0.4 is 15.4 Å². The number of ether oxygens (including phenoxy) is 1. The number of benzene rings is 1. The standard InChI is InChI=1S/C19H21N3O2S/c1-24-18-11-15(8-9-20-18)25-14-5-2-12(3-6-14)19(23)22-17-10-13-4-7-16(17)21-13/h2-3,5-6,8-9,11,13,16-17,21H,4,7,10H2,1H3,(H,22,23)/t13-,16+,17-/m1/s1. The zero-order chi connectivity index (χ0) is 17.2. The fourth-order valence-corrected chi connectivity index (χ4v) is 4.45. The molecule has 0 unspecified atom stereocenters. The number of rotatable bonds is 5. The van der Waals surface area contributed by atoms with Crippen LogP contribution in [0.25, 0.3) is 0 Å². The molecule has 0 spiro atoms. The van der Waals surface area contributed by atoms with Crippen molar-refractivity contribution in [3.63, 3.8) is 0 Å². The maximum atomic E-state index is 12.5. The summed E-state index contributed by atoms with van der Waals surface area (Å²) in [6.07, 6.45) is 5.18. The molecule has 2 saturated heterocycles. The molecule has 2 aromatic rings. The van der Waals surface area contributed by atoms with Crippen molar-refractivity contribution < 1.29 is 9.53 Å². The van der Waals surface area contributed by atoms with Gasteiger partial charge in [0.1, 0.15) is 0 Å². The van der Waals surface area contributed by atoms with E-state index in [4.69, 9.17) is 4.74 Å². The van der Waals surface area contributed by atoms with Gasteiger partial charge in [0.05, 0.1) is 7.11 Å². The molecule has 5 nitrogen and oxygen atoms in total. The molecule has 0 radical (unpaired) electrons. The molecule has 130 valence electrons. The second kappa shape index (κ2) is 7.06. The number of methoxy groups -OCH3 is 1. The van der Waals surface area contributed by atoms with Crippen LogP contribution in [-0.4, -0.2) is 36.1 Å². The molecular weight excluding hydrogens is 334 g/mol. The van der Waals surface area contributed by atoms with Crippen molar-refractivity contribution >= 4 is 17.7 Å². The lowest BCUT2D eigenvalue weighted by atomic mass is 9.95. The van der Waals surface area contributed by atoms with Gasteiger partial charge in [-0.2, -0.15) is 0 Å². The minimum atomic E-state index is 0.0153. The highest BCUT2D eigenvalue weighted by Gasteiger charge is 2.39. The third-order valence-electron chi connectivity index (χ3n) is 4.88. The van der Waals surface area contributed by atoms with E-state index in [0.717, 1.165) is 16.2 Å². The lowest BCUT2D eigenvalue weighted by Gasteiger charge is -2.21. The van der Waals surface area contributed by atoms with Gasteiger partial charge in [0.2, 0.25) is 5.88 Å². The summed E-state index contributed by atoms with van der Waals surface area (Å²) in [6.45, 7) is 0.